The Balaban J connectivity index is 1.10. The minimum Gasteiger partial charge on any atom is -0.491 e. The van der Waals surface area contributed by atoms with E-state index in [9.17, 15) is 5.11 Å². The number of rotatable bonds is 10. The number of hydrogen-bond acceptors (Lipinski definition) is 7. The van der Waals surface area contributed by atoms with Gasteiger partial charge >= 0.3 is 0 Å². The zero-order chi connectivity index (χ0) is 22.3. The van der Waals surface area contributed by atoms with Gasteiger partial charge in [-0.25, -0.2) is 0 Å². The van der Waals surface area contributed by atoms with Crippen LogP contribution in [0, 0.1) is 13.8 Å². The molecule has 0 saturated carbocycles. The van der Waals surface area contributed by atoms with Crippen molar-refractivity contribution in [1.82, 2.24) is 9.80 Å². The number of β-amino-alcohol motifs (C(OH)–C–C–N with tert-alkyl or cyclic N) is 1. The number of nitrogens with zero attached hydrogens (tertiary/aromatic N) is 2. The molecule has 0 spiro atoms. The first kappa shape index (κ1) is 22.9. The fraction of sp³-hybridized carbons (Fsp3) is 0.520. The Bertz CT molecular complexity index is 862. The fourth-order valence-electron chi connectivity index (χ4n) is 4.23. The Morgan fingerprint density at radius 1 is 0.938 bits per heavy atom. The largest absolute Gasteiger partial charge is 0.491 e. The predicted octanol–water partition coefficient (Wildman–Crippen LogP) is 2.61. The van der Waals surface area contributed by atoms with Crippen LogP contribution in [0.5, 0.6) is 17.2 Å². The molecule has 2 aliphatic heterocycles. The third-order valence-corrected chi connectivity index (χ3v) is 5.97. The maximum absolute atomic E-state index is 10.3. The lowest BCUT2D eigenvalue weighted by atomic mass is 10.1. The summed E-state index contributed by atoms with van der Waals surface area (Å²) in [7, 11) is 0. The molecule has 1 N–H and O–H groups in total. The minimum atomic E-state index is -0.490. The molecule has 2 aromatic carbocycles. The van der Waals surface area contributed by atoms with E-state index in [0.29, 0.717) is 33.2 Å². The Hall–Kier alpha value is -2.32. The van der Waals surface area contributed by atoms with E-state index in [1.54, 1.807) is 0 Å². The predicted molar refractivity (Wildman–Crippen MR) is 123 cm³/mol. The van der Waals surface area contributed by atoms with Crippen molar-refractivity contribution in [3.8, 4) is 17.2 Å². The van der Waals surface area contributed by atoms with Crippen LogP contribution in [0.25, 0.3) is 0 Å². The van der Waals surface area contributed by atoms with Crippen LogP contribution in [-0.2, 0) is 11.3 Å². The summed E-state index contributed by atoms with van der Waals surface area (Å²) in [6.07, 6.45) is -0.490. The standard InChI is InChI=1S/C25H34N2O5/c1-19-4-3-5-20(2)25(19)30-13-12-29-17-22(28)16-27-10-8-26(9-11-27)15-21-6-7-23-24(14-21)32-18-31-23/h3-7,14,22,28H,8-13,15-18H2,1-2H3/t22-/m1/s1. The highest BCUT2D eigenvalue weighted by Crippen LogP contribution is 2.32. The van der Waals surface area contributed by atoms with E-state index in [1.165, 1.54) is 5.56 Å². The number of aryl methyl sites for hydroxylation is 2. The lowest BCUT2D eigenvalue weighted by molar-refractivity contribution is -0.000526. The lowest BCUT2D eigenvalue weighted by Gasteiger charge is -2.35. The number of fused-ring (bicyclic) bond motifs is 1. The van der Waals surface area contributed by atoms with E-state index in [2.05, 4.69) is 21.9 Å². The summed E-state index contributed by atoms with van der Waals surface area (Å²) < 4.78 is 22.3. The zero-order valence-electron chi connectivity index (χ0n) is 19.1. The first-order valence-corrected chi connectivity index (χ1v) is 11.4. The number of aliphatic hydroxyl groups excluding tert-OH is 1. The number of aliphatic hydroxyl groups is 1. The molecule has 2 heterocycles. The Labute approximate surface area is 190 Å². The van der Waals surface area contributed by atoms with Gasteiger partial charge in [-0.2, -0.15) is 0 Å². The maximum Gasteiger partial charge on any atom is 0.231 e. The summed E-state index contributed by atoms with van der Waals surface area (Å²) >= 11 is 0. The third-order valence-electron chi connectivity index (χ3n) is 5.97. The average Bonchev–Trinajstić information content (AvgIpc) is 3.25. The minimum absolute atomic E-state index is 0.308. The SMILES string of the molecule is Cc1cccc(C)c1OCCOC[C@H](O)CN1CCN(Cc2ccc3c(c2)OCO3)CC1. The molecular formula is C25H34N2O5. The topological polar surface area (TPSA) is 63.6 Å². The second-order valence-electron chi connectivity index (χ2n) is 8.56. The summed E-state index contributed by atoms with van der Waals surface area (Å²) in [5, 5.41) is 10.3. The highest BCUT2D eigenvalue weighted by Gasteiger charge is 2.20. The van der Waals surface area contributed by atoms with E-state index in [0.717, 1.165) is 61.1 Å². The molecule has 174 valence electrons. The van der Waals surface area contributed by atoms with Gasteiger partial charge in [0, 0.05) is 39.3 Å². The molecule has 4 rings (SSSR count). The van der Waals surface area contributed by atoms with Crippen LogP contribution in [0.3, 0.4) is 0 Å². The van der Waals surface area contributed by atoms with E-state index >= 15 is 0 Å². The highest BCUT2D eigenvalue weighted by molar-refractivity contribution is 5.44. The second-order valence-corrected chi connectivity index (χ2v) is 8.56. The molecule has 1 atom stereocenters. The van der Waals surface area contributed by atoms with Crippen LogP contribution in [0.1, 0.15) is 16.7 Å². The van der Waals surface area contributed by atoms with Crippen LogP contribution in [-0.4, -0.2) is 80.3 Å². The fourth-order valence-corrected chi connectivity index (χ4v) is 4.23. The van der Waals surface area contributed by atoms with Crippen LogP contribution >= 0.6 is 0 Å². The van der Waals surface area contributed by atoms with Gasteiger partial charge in [0.2, 0.25) is 6.79 Å². The zero-order valence-corrected chi connectivity index (χ0v) is 19.1. The van der Waals surface area contributed by atoms with E-state index < -0.39 is 6.10 Å². The van der Waals surface area contributed by atoms with Gasteiger partial charge in [-0.3, -0.25) is 9.80 Å². The summed E-state index contributed by atoms with van der Waals surface area (Å²) in [6.45, 7) is 11.0. The number of piperazine rings is 1. The maximum atomic E-state index is 10.3. The number of benzene rings is 2. The van der Waals surface area contributed by atoms with Crippen LogP contribution in [0.4, 0.5) is 0 Å². The van der Waals surface area contributed by atoms with Crippen LogP contribution in [0.2, 0.25) is 0 Å². The molecule has 7 nitrogen and oxygen atoms in total. The van der Waals surface area contributed by atoms with Gasteiger partial charge in [-0.15, -0.1) is 0 Å². The Kier molecular flexibility index (Phi) is 7.86. The molecule has 0 aliphatic carbocycles. The summed E-state index contributed by atoms with van der Waals surface area (Å²) in [5.41, 5.74) is 3.49. The van der Waals surface area contributed by atoms with Gasteiger partial charge < -0.3 is 24.1 Å². The van der Waals surface area contributed by atoms with Crippen LogP contribution < -0.4 is 14.2 Å². The highest BCUT2D eigenvalue weighted by atomic mass is 16.7. The second kappa shape index (κ2) is 11.0. The summed E-state index contributed by atoms with van der Waals surface area (Å²) in [5.74, 6) is 2.59. The van der Waals surface area contributed by atoms with Crippen molar-refractivity contribution in [2.45, 2.75) is 26.5 Å². The molecule has 2 aliphatic rings. The van der Waals surface area contributed by atoms with Crippen LogP contribution in [0.15, 0.2) is 36.4 Å². The Morgan fingerprint density at radius 2 is 1.66 bits per heavy atom. The monoisotopic (exact) mass is 442 g/mol. The smallest absolute Gasteiger partial charge is 0.231 e. The first-order chi connectivity index (χ1) is 15.6. The number of ether oxygens (including phenoxy) is 4. The number of hydrogen-bond donors (Lipinski definition) is 1. The lowest BCUT2D eigenvalue weighted by Crippen LogP contribution is -2.48. The molecule has 7 heteroatoms. The van der Waals surface area contributed by atoms with Crippen molar-refractivity contribution in [2.75, 3.05) is 59.3 Å². The Morgan fingerprint density at radius 3 is 2.44 bits per heavy atom. The van der Waals surface area contributed by atoms with Gasteiger partial charge in [-0.05, 0) is 42.7 Å². The molecule has 0 bridgehead atoms. The summed E-state index contributed by atoms with van der Waals surface area (Å²) in [4.78, 5) is 4.74. The normalized spacial score (nSPS) is 17.5. The molecule has 0 unspecified atom stereocenters. The van der Waals surface area contributed by atoms with E-state index in [4.69, 9.17) is 18.9 Å². The molecule has 0 aromatic heterocycles. The van der Waals surface area contributed by atoms with Crippen molar-refractivity contribution in [2.24, 2.45) is 0 Å². The van der Waals surface area contributed by atoms with Crippen molar-refractivity contribution in [3.05, 3.63) is 53.1 Å². The van der Waals surface area contributed by atoms with Crippen molar-refractivity contribution in [1.29, 1.82) is 0 Å². The molecule has 32 heavy (non-hydrogen) atoms. The van der Waals surface area contributed by atoms with Crippen molar-refractivity contribution in [3.63, 3.8) is 0 Å². The van der Waals surface area contributed by atoms with Gasteiger partial charge in [0.25, 0.3) is 0 Å². The average molecular weight is 443 g/mol. The van der Waals surface area contributed by atoms with Gasteiger partial charge in [0.1, 0.15) is 12.4 Å². The van der Waals surface area contributed by atoms with Gasteiger partial charge in [0.05, 0.1) is 19.3 Å². The van der Waals surface area contributed by atoms with Gasteiger partial charge in [0.15, 0.2) is 11.5 Å². The van der Waals surface area contributed by atoms with E-state index in [1.807, 2.05) is 38.1 Å². The number of para-hydroxylation sites is 1. The molecular weight excluding hydrogens is 408 g/mol. The summed E-state index contributed by atoms with van der Waals surface area (Å²) in [6, 6.07) is 12.3. The first-order valence-electron chi connectivity index (χ1n) is 11.4. The third kappa shape index (κ3) is 6.13. The molecule has 1 saturated heterocycles. The quantitative estimate of drug-likeness (QED) is 0.568. The van der Waals surface area contributed by atoms with Gasteiger partial charge in [-0.1, -0.05) is 24.3 Å². The van der Waals surface area contributed by atoms with E-state index in [-0.39, 0.29) is 0 Å². The molecule has 0 amide bonds. The molecule has 2 aromatic rings. The van der Waals surface area contributed by atoms with Crippen molar-refractivity contribution >= 4 is 0 Å². The molecule has 0 radical (unpaired) electrons. The van der Waals surface area contributed by atoms with Crippen molar-refractivity contribution < 1.29 is 24.1 Å². The molecule has 1 fully saturated rings.